The molecule has 0 bridgehead atoms. The van der Waals surface area contributed by atoms with Gasteiger partial charge in [-0.15, -0.1) is 0 Å². The van der Waals surface area contributed by atoms with Crippen LogP contribution in [-0.4, -0.2) is 26.3 Å². The molecule has 2 aromatic heterocycles. The lowest BCUT2D eigenvalue weighted by Gasteiger charge is -1.99. The summed E-state index contributed by atoms with van der Waals surface area (Å²) in [6.45, 7) is 0. The Morgan fingerprint density at radius 1 is 1.43 bits per heavy atom. The van der Waals surface area contributed by atoms with Gasteiger partial charge in [-0.1, -0.05) is 11.6 Å². The van der Waals surface area contributed by atoms with Crippen molar-refractivity contribution in [3.05, 3.63) is 29.2 Å². The summed E-state index contributed by atoms with van der Waals surface area (Å²) in [6, 6.07) is 1.47. The molecule has 2 heterocycles. The van der Waals surface area contributed by atoms with Crippen LogP contribution < -0.4 is 0 Å². The Morgan fingerprint density at radius 2 is 2.21 bits per heavy atom. The second-order valence-corrected chi connectivity index (χ2v) is 2.97. The third-order valence-corrected chi connectivity index (χ3v) is 1.93. The van der Waals surface area contributed by atoms with E-state index >= 15 is 0 Å². The summed E-state index contributed by atoms with van der Waals surface area (Å²) in [4.78, 5) is 14.6. The van der Waals surface area contributed by atoms with Gasteiger partial charge in [0.05, 0.1) is 17.3 Å². The molecule has 0 radical (unpaired) electrons. The lowest BCUT2D eigenvalue weighted by Crippen LogP contribution is -2.00. The fraction of sp³-hybridized carbons (Fsp3) is 0. The molecule has 0 aliphatic rings. The number of carboxylic acids is 1. The van der Waals surface area contributed by atoms with Crippen molar-refractivity contribution in [3.63, 3.8) is 0 Å². The highest BCUT2D eigenvalue weighted by Gasteiger charge is 2.10. The van der Waals surface area contributed by atoms with E-state index in [0.29, 0.717) is 10.9 Å². The van der Waals surface area contributed by atoms with Crippen molar-refractivity contribution < 1.29 is 9.90 Å². The van der Waals surface area contributed by atoms with Crippen LogP contribution in [0.5, 0.6) is 0 Å². The van der Waals surface area contributed by atoms with Crippen LogP contribution >= 0.6 is 11.6 Å². The normalized spacial score (nSPS) is 10.4. The van der Waals surface area contributed by atoms with Crippen molar-refractivity contribution >= 4 is 28.5 Å². The summed E-state index contributed by atoms with van der Waals surface area (Å²) >= 11 is 5.62. The number of fused-ring (bicyclic) bond motifs is 1. The summed E-state index contributed by atoms with van der Waals surface area (Å²) in [5.41, 5.74) is 0.490. The Labute approximate surface area is 83.4 Å². The lowest BCUT2D eigenvalue weighted by atomic mass is 10.2. The van der Waals surface area contributed by atoms with E-state index in [9.17, 15) is 4.79 Å². The number of aromatic carboxylic acids is 1. The van der Waals surface area contributed by atoms with Crippen molar-refractivity contribution in [2.24, 2.45) is 0 Å². The number of pyridine rings is 1. The van der Waals surface area contributed by atoms with E-state index in [0.717, 1.165) is 0 Å². The zero-order valence-corrected chi connectivity index (χ0v) is 7.56. The highest BCUT2D eigenvalue weighted by Crippen LogP contribution is 2.17. The van der Waals surface area contributed by atoms with Gasteiger partial charge in [0.2, 0.25) is 0 Å². The van der Waals surface area contributed by atoms with Crippen molar-refractivity contribution in [2.45, 2.75) is 0 Å². The van der Waals surface area contributed by atoms with E-state index in [4.69, 9.17) is 16.7 Å². The number of aromatic nitrogens is 3. The Bertz CT molecular complexity index is 515. The summed E-state index contributed by atoms with van der Waals surface area (Å²) in [6.07, 6.45) is 2.55. The Kier molecular flexibility index (Phi) is 2.01. The van der Waals surface area contributed by atoms with Gasteiger partial charge < -0.3 is 5.11 Å². The molecule has 6 heteroatoms. The molecular weight excluding hydrogens is 206 g/mol. The minimum atomic E-state index is -1.06. The standard InChI is InChI=1S/C8H4ClN3O2/c9-7-1-6-4(2-10-7)5(8(13)14)3-11-12-6/h1-3H,(H,13,14). The molecule has 0 aliphatic heterocycles. The molecule has 0 spiro atoms. The minimum absolute atomic E-state index is 0.0687. The molecule has 0 saturated carbocycles. The highest BCUT2D eigenvalue weighted by molar-refractivity contribution is 6.30. The van der Waals surface area contributed by atoms with Crippen molar-refractivity contribution in [1.82, 2.24) is 15.2 Å². The topological polar surface area (TPSA) is 76.0 Å². The molecule has 14 heavy (non-hydrogen) atoms. The van der Waals surface area contributed by atoms with Crippen LogP contribution in [0.3, 0.4) is 0 Å². The maximum absolute atomic E-state index is 10.8. The first-order valence-electron chi connectivity index (χ1n) is 3.69. The highest BCUT2D eigenvalue weighted by atomic mass is 35.5. The van der Waals surface area contributed by atoms with Crippen LogP contribution in [0.4, 0.5) is 0 Å². The molecule has 0 saturated heterocycles. The zero-order valence-electron chi connectivity index (χ0n) is 6.81. The predicted octanol–water partition coefficient (Wildman–Crippen LogP) is 1.38. The fourth-order valence-corrected chi connectivity index (χ4v) is 1.25. The van der Waals surface area contributed by atoms with E-state index in [2.05, 4.69) is 15.2 Å². The van der Waals surface area contributed by atoms with Gasteiger partial charge in [0, 0.05) is 17.6 Å². The summed E-state index contributed by atoms with van der Waals surface area (Å²) in [7, 11) is 0. The second kappa shape index (κ2) is 3.19. The van der Waals surface area contributed by atoms with Crippen LogP contribution in [0.15, 0.2) is 18.5 Å². The molecule has 1 N–H and O–H groups in total. The smallest absolute Gasteiger partial charge is 0.338 e. The number of hydrogen-bond acceptors (Lipinski definition) is 4. The molecule has 0 fully saturated rings. The Hall–Kier alpha value is -1.75. The minimum Gasteiger partial charge on any atom is -0.478 e. The zero-order chi connectivity index (χ0) is 10.1. The molecule has 2 rings (SSSR count). The van der Waals surface area contributed by atoms with Crippen LogP contribution in [0.25, 0.3) is 10.9 Å². The van der Waals surface area contributed by atoms with Gasteiger partial charge >= 0.3 is 5.97 Å². The molecule has 2 aromatic rings. The molecule has 0 unspecified atom stereocenters. The van der Waals surface area contributed by atoms with Crippen molar-refractivity contribution in [2.75, 3.05) is 0 Å². The van der Waals surface area contributed by atoms with E-state index in [1.807, 2.05) is 0 Å². The maximum atomic E-state index is 10.8. The van der Waals surface area contributed by atoms with E-state index in [1.165, 1.54) is 18.5 Å². The second-order valence-electron chi connectivity index (χ2n) is 2.59. The summed E-state index contributed by atoms with van der Waals surface area (Å²) in [5.74, 6) is -1.06. The van der Waals surface area contributed by atoms with Crippen molar-refractivity contribution in [1.29, 1.82) is 0 Å². The largest absolute Gasteiger partial charge is 0.478 e. The molecule has 0 aromatic carbocycles. The van der Waals surface area contributed by atoms with Crippen LogP contribution in [0, 0.1) is 0 Å². The van der Waals surface area contributed by atoms with E-state index < -0.39 is 5.97 Å². The quantitative estimate of drug-likeness (QED) is 0.718. The fourth-order valence-electron chi connectivity index (χ4n) is 1.10. The lowest BCUT2D eigenvalue weighted by molar-refractivity contribution is 0.0698. The number of rotatable bonds is 1. The number of carboxylic acid groups (broad SMARTS) is 1. The predicted molar refractivity (Wildman–Crippen MR) is 49.3 cm³/mol. The van der Waals surface area contributed by atoms with Crippen LogP contribution in [-0.2, 0) is 0 Å². The molecule has 0 atom stereocenters. The van der Waals surface area contributed by atoms with Gasteiger partial charge in [-0.3, -0.25) is 0 Å². The number of carbonyl (C=O) groups is 1. The monoisotopic (exact) mass is 209 g/mol. The van der Waals surface area contributed by atoms with Gasteiger partial charge in [0.15, 0.2) is 0 Å². The van der Waals surface area contributed by atoms with Crippen molar-refractivity contribution in [3.8, 4) is 0 Å². The molecule has 0 aliphatic carbocycles. The van der Waals surface area contributed by atoms with Gasteiger partial charge in [0.25, 0.3) is 0 Å². The van der Waals surface area contributed by atoms with E-state index in [-0.39, 0.29) is 10.7 Å². The van der Waals surface area contributed by atoms with Crippen LogP contribution in [0.1, 0.15) is 10.4 Å². The van der Waals surface area contributed by atoms with Gasteiger partial charge in [-0.2, -0.15) is 10.2 Å². The average molecular weight is 210 g/mol. The van der Waals surface area contributed by atoms with E-state index in [1.54, 1.807) is 0 Å². The van der Waals surface area contributed by atoms with Crippen LogP contribution in [0.2, 0.25) is 5.15 Å². The first-order valence-corrected chi connectivity index (χ1v) is 4.06. The molecular formula is C8H4ClN3O2. The third kappa shape index (κ3) is 1.38. The molecule has 5 nitrogen and oxygen atoms in total. The number of halogens is 1. The first-order chi connectivity index (χ1) is 6.68. The summed E-state index contributed by atoms with van der Waals surface area (Å²) in [5, 5.41) is 16.8. The number of nitrogens with zero attached hydrogens (tertiary/aromatic N) is 3. The molecule has 0 amide bonds. The van der Waals surface area contributed by atoms with Gasteiger partial charge in [-0.25, -0.2) is 9.78 Å². The third-order valence-electron chi connectivity index (χ3n) is 1.72. The first kappa shape index (κ1) is 8.83. The summed E-state index contributed by atoms with van der Waals surface area (Å²) < 4.78 is 0. The number of hydrogen-bond donors (Lipinski definition) is 1. The Morgan fingerprint density at radius 3 is 2.93 bits per heavy atom. The maximum Gasteiger partial charge on any atom is 0.338 e. The van der Waals surface area contributed by atoms with Gasteiger partial charge in [-0.05, 0) is 0 Å². The molecule has 70 valence electrons. The van der Waals surface area contributed by atoms with Gasteiger partial charge in [0.1, 0.15) is 5.15 Å². The Balaban J connectivity index is 2.81. The SMILES string of the molecule is O=C(O)c1cnnc2cc(Cl)ncc12. The average Bonchev–Trinajstić information content (AvgIpc) is 2.16.